The van der Waals surface area contributed by atoms with Crippen LogP contribution in [0.5, 0.6) is 0 Å². The highest BCUT2D eigenvalue weighted by atomic mass is 16.5. The average molecular weight is 504 g/mol. The maximum absolute atomic E-state index is 13.1. The van der Waals surface area contributed by atoms with Crippen LogP contribution in [0.4, 0.5) is 0 Å². The number of fused-ring (bicyclic) bond motifs is 3. The molecule has 6 nitrogen and oxygen atoms in total. The molecule has 0 aromatic heterocycles. The van der Waals surface area contributed by atoms with Crippen molar-refractivity contribution in [3.05, 3.63) is 59.7 Å². The zero-order chi connectivity index (χ0) is 26.4. The molecule has 3 aromatic carbocycles. The van der Waals surface area contributed by atoms with E-state index in [0.29, 0.717) is 24.0 Å². The minimum absolute atomic E-state index is 0.0340. The van der Waals surface area contributed by atoms with Crippen LogP contribution < -0.4 is 0 Å². The molecule has 2 amide bonds. The van der Waals surface area contributed by atoms with Gasteiger partial charge in [-0.3, -0.25) is 19.3 Å². The molecule has 0 saturated heterocycles. The third kappa shape index (κ3) is 6.37. The van der Waals surface area contributed by atoms with Crippen molar-refractivity contribution in [3.63, 3.8) is 0 Å². The summed E-state index contributed by atoms with van der Waals surface area (Å²) in [7, 11) is 0. The van der Waals surface area contributed by atoms with E-state index in [1.807, 2.05) is 36.4 Å². The zero-order valence-electron chi connectivity index (χ0n) is 21.9. The number of unbranched alkanes of at least 4 members (excludes halogenated alkanes) is 4. The van der Waals surface area contributed by atoms with Gasteiger partial charge in [-0.1, -0.05) is 63.3 Å². The van der Waals surface area contributed by atoms with Crippen LogP contribution in [0.3, 0.4) is 0 Å². The molecule has 1 aliphatic rings. The summed E-state index contributed by atoms with van der Waals surface area (Å²) in [5.41, 5.74) is 0.776. The Morgan fingerprint density at radius 1 is 0.838 bits per heavy atom. The van der Waals surface area contributed by atoms with Gasteiger partial charge in [-0.25, -0.2) is 0 Å². The van der Waals surface area contributed by atoms with Gasteiger partial charge < -0.3 is 9.84 Å². The lowest BCUT2D eigenvalue weighted by atomic mass is 9.99. The van der Waals surface area contributed by atoms with E-state index < -0.39 is 6.04 Å². The highest BCUT2D eigenvalue weighted by molar-refractivity contribution is 6.23. The number of amides is 2. The Bertz CT molecular complexity index is 1210. The second kappa shape index (κ2) is 12.3. The SMILES string of the molecule is CCCCCC[C@@H](O)CCCCC(=O)OC[C@H](C)N1C(=O)c2cc3cc4ccccc4cc3cc2C1=O. The van der Waals surface area contributed by atoms with E-state index in [0.717, 1.165) is 47.2 Å². The van der Waals surface area contributed by atoms with Gasteiger partial charge in [0.05, 0.1) is 23.3 Å². The number of aliphatic hydroxyl groups excluding tert-OH is 1. The van der Waals surface area contributed by atoms with E-state index in [4.69, 9.17) is 4.74 Å². The monoisotopic (exact) mass is 503 g/mol. The van der Waals surface area contributed by atoms with Gasteiger partial charge in [0, 0.05) is 6.42 Å². The fourth-order valence-electron chi connectivity index (χ4n) is 5.06. The summed E-state index contributed by atoms with van der Waals surface area (Å²) >= 11 is 0. The fourth-order valence-corrected chi connectivity index (χ4v) is 5.06. The summed E-state index contributed by atoms with van der Waals surface area (Å²) in [5, 5.41) is 14.0. The van der Waals surface area contributed by atoms with Gasteiger partial charge in [-0.2, -0.15) is 0 Å². The molecule has 3 aromatic rings. The molecule has 2 atom stereocenters. The number of carbonyl (C=O) groups is 3. The van der Waals surface area contributed by atoms with Crippen LogP contribution >= 0.6 is 0 Å². The Morgan fingerprint density at radius 3 is 1.97 bits per heavy atom. The molecular weight excluding hydrogens is 466 g/mol. The molecule has 1 N–H and O–H groups in total. The van der Waals surface area contributed by atoms with Crippen molar-refractivity contribution in [3.8, 4) is 0 Å². The first-order valence-electron chi connectivity index (χ1n) is 13.6. The Kier molecular flexibility index (Phi) is 8.93. The lowest BCUT2D eigenvalue weighted by Crippen LogP contribution is -2.41. The highest BCUT2D eigenvalue weighted by Gasteiger charge is 2.39. The highest BCUT2D eigenvalue weighted by Crippen LogP contribution is 2.31. The van der Waals surface area contributed by atoms with Gasteiger partial charge in [0.2, 0.25) is 0 Å². The smallest absolute Gasteiger partial charge is 0.305 e. The minimum Gasteiger partial charge on any atom is -0.463 e. The van der Waals surface area contributed by atoms with E-state index in [9.17, 15) is 19.5 Å². The second-order valence-electron chi connectivity index (χ2n) is 10.2. The number of hydrogen-bond donors (Lipinski definition) is 1. The first kappa shape index (κ1) is 26.8. The van der Waals surface area contributed by atoms with Crippen LogP contribution in [0.15, 0.2) is 48.5 Å². The summed E-state index contributed by atoms with van der Waals surface area (Å²) < 4.78 is 5.39. The number of hydrogen-bond acceptors (Lipinski definition) is 5. The summed E-state index contributed by atoms with van der Waals surface area (Å²) in [6.07, 6.45) is 7.44. The molecule has 1 heterocycles. The van der Waals surface area contributed by atoms with E-state index in [-0.39, 0.29) is 36.9 Å². The van der Waals surface area contributed by atoms with Crippen molar-refractivity contribution >= 4 is 39.3 Å². The molecule has 6 heteroatoms. The Hall–Kier alpha value is -3.25. The Labute approximate surface area is 218 Å². The predicted molar refractivity (Wildman–Crippen MR) is 146 cm³/mol. The molecule has 0 fully saturated rings. The average Bonchev–Trinajstić information content (AvgIpc) is 3.13. The first-order valence-corrected chi connectivity index (χ1v) is 13.6. The van der Waals surface area contributed by atoms with E-state index >= 15 is 0 Å². The number of carbonyl (C=O) groups excluding carboxylic acids is 3. The molecule has 37 heavy (non-hydrogen) atoms. The molecule has 4 rings (SSSR count). The molecule has 0 saturated carbocycles. The number of aliphatic hydroxyl groups is 1. The Morgan fingerprint density at radius 2 is 1.41 bits per heavy atom. The van der Waals surface area contributed by atoms with E-state index in [1.54, 1.807) is 19.1 Å². The lowest BCUT2D eigenvalue weighted by molar-refractivity contribution is -0.145. The van der Waals surface area contributed by atoms with Crippen LogP contribution in [-0.4, -0.2) is 46.5 Å². The van der Waals surface area contributed by atoms with Crippen molar-refractivity contribution in [2.45, 2.75) is 83.8 Å². The van der Waals surface area contributed by atoms with Crippen LogP contribution in [0.2, 0.25) is 0 Å². The third-order valence-electron chi connectivity index (χ3n) is 7.23. The van der Waals surface area contributed by atoms with Crippen LogP contribution in [-0.2, 0) is 9.53 Å². The van der Waals surface area contributed by atoms with Crippen molar-refractivity contribution in [1.82, 2.24) is 4.90 Å². The van der Waals surface area contributed by atoms with Crippen LogP contribution in [0.1, 0.15) is 92.4 Å². The fraction of sp³-hybridized carbons (Fsp3) is 0.452. The Balaban J connectivity index is 1.28. The second-order valence-corrected chi connectivity index (χ2v) is 10.2. The van der Waals surface area contributed by atoms with Gasteiger partial charge >= 0.3 is 5.97 Å². The standard InChI is InChI=1S/C31H37NO5/c1-3-4-5-6-13-26(33)14-9-10-15-29(34)37-20-21(2)32-30(35)27-18-24-16-22-11-7-8-12-23(22)17-25(24)19-28(27)31(32)36/h7-8,11-12,16-19,21,26,33H,3-6,9-10,13-15,20H2,1-2H3/t21-,26+/m0/s1. The number of rotatable bonds is 13. The summed E-state index contributed by atoms with van der Waals surface area (Å²) in [6, 6.07) is 15.1. The summed E-state index contributed by atoms with van der Waals surface area (Å²) in [4.78, 5) is 39.7. The van der Waals surface area contributed by atoms with Gasteiger partial charge in [-0.05, 0) is 72.0 Å². The molecular formula is C31H37NO5. The van der Waals surface area contributed by atoms with Crippen LogP contribution in [0.25, 0.3) is 21.5 Å². The molecule has 0 radical (unpaired) electrons. The minimum atomic E-state index is -0.566. The van der Waals surface area contributed by atoms with Crippen molar-refractivity contribution in [1.29, 1.82) is 0 Å². The molecule has 196 valence electrons. The zero-order valence-corrected chi connectivity index (χ0v) is 21.9. The summed E-state index contributed by atoms with van der Waals surface area (Å²) in [5.74, 6) is -1.06. The molecule has 1 aliphatic heterocycles. The third-order valence-corrected chi connectivity index (χ3v) is 7.23. The largest absolute Gasteiger partial charge is 0.463 e. The topological polar surface area (TPSA) is 83.9 Å². The number of imide groups is 1. The number of esters is 1. The molecule has 0 bridgehead atoms. The first-order chi connectivity index (χ1) is 17.9. The van der Waals surface area contributed by atoms with Gasteiger partial charge in [-0.15, -0.1) is 0 Å². The van der Waals surface area contributed by atoms with Gasteiger partial charge in [0.15, 0.2) is 0 Å². The number of nitrogens with zero attached hydrogens (tertiary/aromatic N) is 1. The van der Waals surface area contributed by atoms with Crippen molar-refractivity contribution in [2.75, 3.05) is 6.61 Å². The molecule has 0 spiro atoms. The molecule has 0 unspecified atom stereocenters. The maximum Gasteiger partial charge on any atom is 0.305 e. The van der Waals surface area contributed by atoms with Gasteiger partial charge in [0.25, 0.3) is 11.8 Å². The maximum atomic E-state index is 13.1. The summed E-state index contributed by atoms with van der Waals surface area (Å²) in [6.45, 7) is 3.85. The number of benzene rings is 3. The van der Waals surface area contributed by atoms with Crippen molar-refractivity contribution < 1.29 is 24.2 Å². The number of ether oxygens (including phenoxy) is 1. The van der Waals surface area contributed by atoms with E-state index in [2.05, 4.69) is 6.92 Å². The lowest BCUT2D eigenvalue weighted by Gasteiger charge is -2.22. The molecule has 0 aliphatic carbocycles. The van der Waals surface area contributed by atoms with Crippen molar-refractivity contribution in [2.24, 2.45) is 0 Å². The normalized spacial score (nSPS) is 14.8. The van der Waals surface area contributed by atoms with Crippen LogP contribution in [0, 0.1) is 0 Å². The predicted octanol–water partition coefficient (Wildman–Crippen LogP) is 6.41. The van der Waals surface area contributed by atoms with Gasteiger partial charge in [0.1, 0.15) is 6.61 Å². The van der Waals surface area contributed by atoms with E-state index in [1.165, 1.54) is 17.7 Å². The quantitative estimate of drug-likeness (QED) is 0.126.